The predicted molar refractivity (Wildman–Crippen MR) is 122 cm³/mol. The molecule has 3 rings (SSSR count). The van der Waals surface area contributed by atoms with Gasteiger partial charge in [0, 0.05) is 27.3 Å². The molecule has 0 amide bonds. The summed E-state index contributed by atoms with van der Waals surface area (Å²) in [6, 6.07) is 9.22. The van der Waals surface area contributed by atoms with Gasteiger partial charge < -0.3 is 4.57 Å². The number of nitrogens with one attached hydrogen (secondary N) is 1. The van der Waals surface area contributed by atoms with E-state index < -0.39 is 10.0 Å². The zero-order chi connectivity index (χ0) is 21.9. The second kappa shape index (κ2) is 9.70. The molecule has 6 nitrogen and oxygen atoms in total. The fourth-order valence-corrected chi connectivity index (χ4v) is 5.16. The number of imidazole rings is 1. The fourth-order valence-electron chi connectivity index (χ4n) is 2.85. The van der Waals surface area contributed by atoms with Crippen molar-refractivity contribution in [2.45, 2.75) is 42.8 Å². The van der Waals surface area contributed by atoms with Crippen molar-refractivity contribution in [3.63, 3.8) is 0 Å². The Labute approximate surface area is 191 Å². The molecule has 0 unspecified atom stereocenters. The lowest BCUT2D eigenvalue weighted by Gasteiger charge is -2.14. The third kappa shape index (κ3) is 6.21. The Kier molecular flexibility index (Phi) is 7.47. The molecule has 0 saturated heterocycles. The molecule has 3 aromatic rings. The molecule has 2 aromatic heterocycles. The third-order valence-electron chi connectivity index (χ3n) is 4.18. The summed E-state index contributed by atoms with van der Waals surface area (Å²) in [5.41, 5.74) is 1.86. The van der Waals surface area contributed by atoms with E-state index in [0.29, 0.717) is 22.4 Å². The topological polar surface area (TPSA) is 76.9 Å². The van der Waals surface area contributed by atoms with Crippen LogP contribution in [0.25, 0.3) is 0 Å². The van der Waals surface area contributed by atoms with Crippen LogP contribution in [-0.4, -0.2) is 29.2 Å². The summed E-state index contributed by atoms with van der Waals surface area (Å²) < 4.78 is 27.9. The summed E-state index contributed by atoms with van der Waals surface area (Å²) in [6.07, 6.45) is 4.63. The Morgan fingerprint density at radius 3 is 2.47 bits per heavy atom. The number of hydrogen-bond acceptors (Lipinski definition) is 5. The first-order valence-electron chi connectivity index (χ1n) is 9.19. The van der Waals surface area contributed by atoms with E-state index in [1.807, 2.05) is 28.8 Å². The second-order valence-corrected chi connectivity index (χ2v) is 10.9. The summed E-state index contributed by atoms with van der Waals surface area (Å²) in [6.45, 7) is 4.71. The first-order chi connectivity index (χ1) is 14.1. The van der Waals surface area contributed by atoms with Crippen molar-refractivity contribution in [3.05, 3.63) is 69.9 Å². The molecule has 0 aliphatic carbocycles. The molecule has 10 heteroatoms. The Morgan fingerprint density at radius 2 is 1.90 bits per heavy atom. The maximum Gasteiger partial charge on any atom is 0.209 e. The van der Waals surface area contributed by atoms with Crippen LogP contribution in [0.4, 0.5) is 0 Å². The largest absolute Gasteiger partial charge is 0.317 e. The minimum Gasteiger partial charge on any atom is -0.317 e. The van der Waals surface area contributed by atoms with Gasteiger partial charge in [0.15, 0.2) is 0 Å². The first-order valence-corrected chi connectivity index (χ1v) is 12.7. The van der Waals surface area contributed by atoms with Crippen molar-refractivity contribution in [1.82, 2.24) is 19.3 Å². The van der Waals surface area contributed by atoms with Crippen LogP contribution in [0, 0.1) is 0 Å². The van der Waals surface area contributed by atoms with Gasteiger partial charge in [0.25, 0.3) is 0 Å². The zero-order valence-electron chi connectivity index (χ0n) is 16.8. The lowest BCUT2D eigenvalue weighted by molar-refractivity contribution is 0.580. The van der Waals surface area contributed by atoms with Gasteiger partial charge in [0.1, 0.15) is 10.9 Å². The van der Waals surface area contributed by atoms with Crippen molar-refractivity contribution in [1.29, 1.82) is 0 Å². The lowest BCUT2D eigenvalue weighted by Crippen LogP contribution is -2.23. The molecule has 1 N–H and O–H groups in total. The van der Waals surface area contributed by atoms with Gasteiger partial charge in [-0.25, -0.2) is 18.1 Å². The van der Waals surface area contributed by atoms with Gasteiger partial charge in [0.05, 0.1) is 25.0 Å². The lowest BCUT2D eigenvalue weighted by atomic mass is 10.1. The molecule has 0 fully saturated rings. The second-order valence-electron chi connectivity index (χ2n) is 7.12. The van der Waals surface area contributed by atoms with Gasteiger partial charge >= 0.3 is 0 Å². The number of pyridine rings is 1. The molecule has 2 heterocycles. The van der Waals surface area contributed by atoms with Crippen LogP contribution in [0.2, 0.25) is 10.0 Å². The highest BCUT2D eigenvalue weighted by molar-refractivity contribution is 7.99. The Balaban J connectivity index is 2.09. The maximum absolute atomic E-state index is 11.7. The first kappa shape index (κ1) is 23.1. The number of hydrogen-bond donors (Lipinski definition) is 1. The van der Waals surface area contributed by atoms with E-state index in [1.54, 1.807) is 18.5 Å². The summed E-state index contributed by atoms with van der Waals surface area (Å²) in [4.78, 5) is 9.85. The summed E-state index contributed by atoms with van der Waals surface area (Å²) in [7, 11) is -3.36. The van der Waals surface area contributed by atoms with E-state index in [4.69, 9.17) is 28.2 Å². The molecule has 30 heavy (non-hydrogen) atoms. The van der Waals surface area contributed by atoms with Crippen LogP contribution >= 0.6 is 35.0 Å². The van der Waals surface area contributed by atoms with Crippen LogP contribution in [-0.2, 0) is 23.1 Å². The predicted octanol–water partition coefficient (Wildman–Crippen LogP) is 4.96. The summed E-state index contributed by atoms with van der Waals surface area (Å²) in [5, 5.41) is 2.01. The highest BCUT2D eigenvalue weighted by Crippen LogP contribution is 2.37. The number of aromatic nitrogens is 3. The molecular weight excluding hydrogens is 463 g/mol. The van der Waals surface area contributed by atoms with E-state index in [9.17, 15) is 8.42 Å². The van der Waals surface area contributed by atoms with Gasteiger partial charge in [0.2, 0.25) is 10.0 Å². The quantitative estimate of drug-likeness (QED) is 0.488. The molecule has 1 aromatic carbocycles. The molecule has 0 radical (unpaired) electrons. The molecule has 160 valence electrons. The average molecular weight is 485 g/mol. The highest BCUT2D eigenvalue weighted by atomic mass is 35.5. The molecule has 0 aliphatic heterocycles. The van der Waals surface area contributed by atoms with Crippen LogP contribution < -0.4 is 4.72 Å². The highest BCUT2D eigenvalue weighted by Gasteiger charge is 2.21. The number of rotatable bonds is 8. The van der Waals surface area contributed by atoms with E-state index in [1.165, 1.54) is 11.8 Å². The molecule has 0 spiro atoms. The minimum atomic E-state index is -3.36. The van der Waals surface area contributed by atoms with E-state index in [0.717, 1.165) is 27.4 Å². The maximum atomic E-state index is 11.7. The standard InChI is InChI=1S/C20H22Cl2N4O2S2/c1-13(2)19-20(29-17-8-15(21)7-16(22)9-17)26(12-14-5-4-6-23-10-14)18(25-19)11-24-30(3,27)28/h4-10,13,24H,11-12H2,1-3H3. The fraction of sp³-hybridized carbons (Fsp3) is 0.300. The Bertz CT molecular complexity index is 1110. The molecule has 0 atom stereocenters. The van der Waals surface area contributed by atoms with E-state index in [-0.39, 0.29) is 12.5 Å². The van der Waals surface area contributed by atoms with Crippen LogP contribution in [0.3, 0.4) is 0 Å². The van der Waals surface area contributed by atoms with Gasteiger partial charge in [-0.3, -0.25) is 4.98 Å². The number of halogens is 2. The minimum absolute atomic E-state index is 0.0929. The van der Waals surface area contributed by atoms with Gasteiger partial charge in [-0.05, 0) is 35.7 Å². The van der Waals surface area contributed by atoms with E-state index in [2.05, 4.69) is 23.6 Å². The monoisotopic (exact) mass is 484 g/mol. The summed E-state index contributed by atoms with van der Waals surface area (Å²) in [5.74, 6) is 0.762. The van der Waals surface area contributed by atoms with Gasteiger partial charge in [-0.1, -0.05) is 54.9 Å². The number of benzene rings is 1. The Hall–Kier alpha value is -1.58. The SMILES string of the molecule is CC(C)c1nc(CNS(C)(=O)=O)n(Cc2cccnc2)c1Sc1cc(Cl)cc(Cl)c1. The van der Waals surface area contributed by atoms with Crippen LogP contribution in [0.15, 0.2) is 52.6 Å². The van der Waals surface area contributed by atoms with Crippen LogP contribution in [0.5, 0.6) is 0 Å². The smallest absolute Gasteiger partial charge is 0.209 e. The normalized spacial score (nSPS) is 11.9. The molecule has 0 aliphatic rings. The van der Waals surface area contributed by atoms with E-state index >= 15 is 0 Å². The van der Waals surface area contributed by atoms with Crippen molar-refractivity contribution in [3.8, 4) is 0 Å². The zero-order valence-corrected chi connectivity index (χ0v) is 19.9. The van der Waals surface area contributed by atoms with Gasteiger partial charge in [-0.15, -0.1) is 0 Å². The number of nitrogens with zero attached hydrogens (tertiary/aromatic N) is 3. The molecule has 0 bridgehead atoms. The molecular formula is C20H22Cl2N4O2S2. The van der Waals surface area contributed by atoms with Crippen molar-refractivity contribution >= 4 is 45.0 Å². The van der Waals surface area contributed by atoms with Gasteiger partial charge in [-0.2, -0.15) is 0 Å². The van der Waals surface area contributed by atoms with Crippen molar-refractivity contribution in [2.24, 2.45) is 0 Å². The van der Waals surface area contributed by atoms with Crippen LogP contribution in [0.1, 0.15) is 36.8 Å². The average Bonchev–Trinajstić information content (AvgIpc) is 2.97. The number of sulfonamides is 1. The summed E-state index contributed by atoms with van der Waals surface area (Å²) >= 11 is 13.9. The third-order valence-corrected chi connectivity index (χ3v) is 6.38. The molecule has 0 saturated carbocycles. The Morgan fingerprint density at radius 1 is 1.20 bits per heavy atom. The van der Waals surface area contributed by atoms with Crippen molar-refractivity contribution < 1.29 is 8.42 Å². The van der Waals surface area contributed by atoms with Crippen molar-refractivity contribution in [2.75, 3.05) is 6.26 Å².